The number of nitrogens with zero attached hydrogens (tertiary/aromatic N) is 2. The lowest BCUT2D eigenvalue weighted by Crippen LogP contribution is -2.31. The largest absolute Gasteiger partial charge is 0.375 e. The number of anilines is 1. The number of unbranched alkanes of at least 4 members (excludes halogenated alkanes) is 1. The van der Waals surface area contributed by atoms with Crippen LogP contribution in [0.25, 0.3) is 0 Å². The van der Waals surface area contributed by atoms with Crippen molar-refractivity contribution in [1.29, 1.82) is 0 Å². The van der Waals surface area contributed by atoms with Crippen molar-refractivity contribution in [3.63, 3.8) is 0 Å². The van der Waals surface area contributed by atoms with Crippen LogP contribution in [-0.4, -0.2) is 50.6 Å². The molecule has 6 heteroatoms. The highest BCUT2D eigenvalue weighted by Crippen LogP contribution is 2.27. The fraction of sp³-hybridized carbons (Fsp3) is 0.611. The molecule has 0 saturated carbocycles. The molecule has 1 N–H and O–H groups in total. The molecular weight excluding hydrogens is 345 g/mol. The molecule has 0 radical (unpaired) electrons. The van der Waals surface area contributed by atoms with Crippen LogP contribution in [0.5, 0.6) is 0 Å². The van der Waals surface area contributed by atoms with E-state index in [0.717, 1.165) is 38.3 Å². The smallest absolute Gasteiger partial charge is 0.253 e. The summed E-state index contributed by atoms with van der Waals surface area (Å²) in [6.07, 6.45) is 2.40. The second-order valence-electron chi connectivity index (χ2n) is 6.71. The quantitative estimate of drug-likeness (QED) is 0.861. The highest BCUT2D eigenvalue weighted by atomic mass is 35.5. The van der Waals surface area contributed by atoms with Crippen LogP contribution in [0.15, 0.2) is 24.3 Å². The summed E-state index contributed by atoms with van der Waals surface area (Å²) in [6.45, 7) is 7.22. The molecule has 1 amide bonds. The highest BCUT2D eigenvalue weighted by Gasteiger charge is 2.38. The number of carbonyl (C=O) groups is 1. The van der Waals surface area contributed by atoms with E-state index < -0.39 is 0 Å². The molecule has 0 aromatic heterocycles. The second kappa shape index (κ2) is 9.50. The molecule has 2 atom stereocenters. The Bertz CT molecular complexity index is 512. The highest BCUT2D eigenvalue weighted by molar-refractivity contribution is 5.94. The van der Waals surface area contributed by atoms with Crippen molar-refractivity contribution < 1.29 is 4.79 Å². The van der Waals surface area contributed by atoms with Gasteiger partial charge in [0.2, 0.25) is 0 Å². The molecule has 0 unspecified atom stereocenters. The number of carbonyl (C=O) groups excluding carboxylic acids is 1. The van der Waals surface area contributed by atoms with E-state index in [-0.39, 0.29) is 30.7 Å². The molecule has 0 aliphatic carbocycles. The van der Waals surface area contributed by atoms with Crippen LogP contribution in [0, 0.1) is 11.8 Å². The molecule has 2 fully saturated rings. The number of halogens is 2. The van der Waals surface area contributed by atoms with Crippen LogP contribution in [-0.2, 0) is 0 Å². The molecule has 2 heterocycles. The summed E-state index contributed by atoms with van der Waals surface area (Å²) in [5.74, 6) is 1.50. The predicted molar refractivity (Wildman–Crippen MR) is 105 cm³/mol. The molecule has 4 nitrogen and oxygen atoms in total. The van der Waals surface area contributed by atoms with E-state index in [2.05, 4.69) is 36.3 Å². The maximum absolute atomic E-state index is 12.6. The Kier molecular flexibility index (Phi) is 8.34. The fourth-order valence-electron chi connectivity index (χ4n) is 3.59. The van der Waals surface area contributed by atoms with Gasteiger partial charge < -0.3 is 15.1 Å². The summed E-state index contributed by atoms with van der Waals surface area (Å²) < 4.78 is 0. The zero-order valence-electron chi connectivity index (χ0n) is 14.5. The lowest BCUT2D eigenvalue weighted by Gasteiger charge is -2.20. The summed E-state index contributed by atoms with van der Waals surface area (Å²) in [7, 11) is 2.11. The van der Waals surface area contributed by atoms with Crippen LogP contribution < -0.4 is 10.2 Å². The van der Waals surface area contributed by atoms with Crippen molar-refractivity contribution in [2.75, 3.05) is 44.7 Å². The minimum Gasteiger partial charge on any atom is -0.375 e. The molecule has 1 aromatic carbocycles. The van der Waals surface area contributed by atoms with E-state index in [1.165, 1.54) is 18.5 Å². The minimum absolute atomic E-state index is 0. The van der Waals surface area contributed by atoms with Gasteiger partial charge in [0.1, 0.15) is 0 Å². The normalized spacial score (nSPS) is 21.7. The van der Waals surface area contributed by atoms with Crippen LogP contribution in [0.1, 0.15) is 30.1 Å². The van der Waals surface area contributed by atoms with Crippen molar-refractivity contribution >= 4 is 36.4 Å². The topological polar surface area (TPSA) is 35.6 Å². The first kappa shape index (κ1) is 21.1. The Labute approximate surface area is 157 Å². The number of hydrogen-bond donors (Lipinski definition) is 1. The monoisotopic (exact) mass is 373 g/mol. The van der Waals surface area contributed by atoms with Gasteiger partial charge in [0.25, 0.3) is 5.91 Å². The molecule has 3 rings (SSSR count). The first-order valence-corrected chi connectivity index (χ1v) is 8.50. The fourth-order valence-corrected chi connectivity index (χ4v) is 3.59. The van der Waals surface area contributed by atoms with E-state index in [4.69, 9.17) is 0 Å². The minimum atomic E-state index is 0. The van der Waals surface area contributed by atoms with E-state index in [1.54, 1.807) is 0 Å². The van der Waals surface area contributed by atoms with E-state index in [9.17, 15) is 4.79 Å². The summed E-state index contributed by atoms with van der Waals surface area (Å²) in [4.78, 5) is 16.9. The zero-order chi connectivity index (χ0) is 15.5. The number of hydrogen-bond acceptors (Lipinski definition) is 3. The Morgan fingerprint density at radius 2 is 1.75 bits per heavy atom. The van der Waals surface area contributed by atoms with Gasteiger partial charge >= 0.3 is 0 Å². The molecule has 136 valence electrons. The molecule has 2 saturated heterocycles. The van der Waals surface area contributed by atoms with Crippen molar-refractivity contribution in [2.24, 2.45) is 11.8 Å². The lowest BCUT2D eigenvalue weighted by molar-refractivity contribution is 0.0781. The molecule has 0 spiro atoms. The van der Waals surface area contributed by atoms with Gasteiger partial charge in [-0.25, -0.2) is 0 Å². The van der Waals surface area contributed by atoms with Gasteiger partial charge in [0.15, 0.2) is 0 Å². The average molecular weight is 374 g/mol. The van der Waals surface area contributed by atoms with Gasteiger partial charge in [-0.2, -0.15) is 0 Å². The third-order valence-electron chi connectivity index (χ3n) is 5.08. The van der Waals surface area contributed by atoms with Gasteiger partial charge in [-0.05, 0) is 42.5 Å². The second-order valence-corrected chi connectivity index (χ2v) is 6.71. The first-order chi connectivity index (χ1) is 10.7. The van der Waals surface area contributed by atoms with Gasteiger partial charge in [-0.3, -0.25) is 4.79 Å². The van der Waals surface area contributed by atoms with Crippen molar-refractivity contribution in [3.8, 4) is 0 Å². The lowest BCUT2D eigenvalue weighted by atomic mass is 10.0. The Morgan fingerprint density at radius 1 is 1.17 bits per heavy atom. The summed E-state index contributed by atoms with van der Waals surface area (Å²) in [6, 6.07) is 8.10. The summed E-state index contributed by atoms with van der Waals surface area (Å²) in [5.41, 5.74) is 2.01. The van der Waals surface area contributed by atoms with Gasteiger partial charge in [0.05, 0.1) is 0 Å². The molecule has 24 heavy (non-hydrogen) atoms. The maximum atomic E-state index is 12.6. The van der Waals surface area contributed by atoms with Crippen LogP contribution in [0.2, 0.25) is 0 Å². The number of benzene rings is 1. The zero-order valence-corrected chi connectivity index (χ0v) is 16.2. The molecule has 2 aliphatic rings. The Balaban J connectivity index is 0.00000144. The van der Waals surface area contributed by atoms with E-state index in [0.29, 0.717) is 11.8 Å². The first-order valence-electron chi connectivity index (χ1n) is 8.50. The van der Waals surface area contributed by atoms with E-state index in [1.807, 2.05) is 17.0 Å². The molecule has 1 aromatic rings. The van der Waals surface area contributed by atoms with Crippen LogP contribution in [0.4, 0.5) is 5.69 Å². The SMILES string of the molecule is CCCCN(C)c1ccc(C(=O)N2C[C@H]3CNC[C@H]3C2)cc1.Cl.Cl. The number of fused-ring (bicyclic) bond motifs is 1. The summed E-state index contributed by atoms with van der Waals surface area (Å²) >= 11 is 0. The standard InChI is InChI=1S/C18H27N3O.2ClH/c1-3-4-9-20(2)17-7-5-14(6-8-17)18(22)21-12-15-10-19-11-16(15)13-21;;/h5-8,15-16,19H,3-4,9-13H2,1-2H3;2*1H/t15-,16+;;. The molecular formula is C18H29Cl2N3O. The average Bonchev–Trinajstić information content (AvgIpc) is 3.13. The van der Waals surface area contributed by atoms with Crippen molar-refractivity contribution in [3.05, 3.63) is 29.8 Å². The Morgan fingerprint density at radius 3 is 2.29 bits per heavy atom. The van der Waals surface area contributed by atoms with Crippen molar-refractivity contribution in [1.82, 2.24) is 10.2 Å². The molecule has 2 aliphatic heterocycles. The van der Waals surface area contributed by atoms with Crippen LogP contribution >= 0.6 is 24.8 Å². The van der Waals surface area contributed by atoms with Gasteiger partial charge in [-0.15, -0.1) is 24.8 Å². The number of amides is 1. The van der Waals surface area contributed by atoms with Gasteiger partial charge in [-0.1, -0.05) is 13.3 Å². The number of likely N-dealkylation sites (tertiary alicyclic amines) is 1. The number of rotatable bonds is 5. The van der Waals surface area contributed by atoms with Crippen LogP contribution in [0.3, 0.4) is 0 Å². The van der Waals surface area contributed by atoms with Crippen molar-refractivity contribution in [2.45, 2.75) is 19.8 Å². The predicted octanol–water partition coefficient (Wildman–Crippen LogP) is 3.06. The van der Waals surface area contributed by atoms with E-state index >= 15 is 0 Å². The number of nitrogens with one attached hydrogen (secondary N) is 1. The van der Waals surface area contributed by atoms with Gasteiger partial charge in [0, 0.05) is 51.0 Å². The maximum Gasteiger partial charge on any atom is 0.253 e. The Hall–Kier alpha value is -0.970. The molecule has 0 bridgehead atoms. The third kappa shape index (κ3) is 4.56. The third-order valence-corrected chi connectivity index (χ3v) is 5.08. The summed E-state index contributed by atoms with van der Waals surface area (Å²) in [5, 5.41) is 3.42.